The Morgan fingerprint density at radius 1 is 1.07 bits per heavy atom. The number of furan rings is 1. The van der Waals surface area contributed by atoms with Gasteiger partial charge in [0.25, 0.3) is 5.91 Å². The highest BCUT2D eigenvalue weighted by Gasteiger charge is 2.28. The summed E-state index contributed by atoms with van der Waals surface area (Å²) in [5, 5.41) is 4.19. The van der Waals surface area contributed by atoms with E-state index in [-0.39, 0.29) is 23.6 Å². The largest absolute Gasteiger partial charge is 0.459 e. The van der Waals surface area contributed by atoms with Gasteiger partial charge in [0.2, 0.25) is 0 Å². The van der Waals surface area contributed by atoms with Crippen LogP contribution in [0.3, 0.4) is 0 Å². The molecule has 0 bridgehead atoms. The molecule has 1 aliphatic rings. The maximum absolute atomic E-state index is 13.2. The first kappa shape index (κ1) is 18.0. The van der Waals surface area contributed by atoms with Gasteiger partial charge >= 0.3 is 0 Å². The highest BCUT2D eigenvalue weighted by molar-refractivity contribution is 6.01. The van der Waals surface area contributed by atoms with Crippen molar-refractivity contribution in [3.63, 3.8) is 0 Å². The van der Waals surface area contributed by atoms with E-state index in [1.807, 2.05) is 30.3 Å². The van der Waals surface area contributed by atoms with Gasteiger partial charge in [0.1, 0.15) is 5.82 Å². The summed E-state index contributed by atoms with van der Waals surface area (Å²) in [7, 11) is 0. The lowest BCUT2D eigenvalue weighted by Crippen LogP contribution is -2.37. The molecule has 0 fully saturated rings. The maximum atomic E-state index is 13.2. The molecule has 0 spiro atoms. The van der Waals surface area contributed by atoms with Gasteiger partial charge in [-0.1, -0.05) is 47.6 Å². The second-order valence-electron chi connectivity index (χ2n) is 6.62. The van der Waals surface area contributed by atoms with Crippen LogP contribution >= 0.6 is 0 Å². The average molecular weight is 378 g/mol. The molecular weight excluding hydrogens is 359 g/mol. The van der Waals surface area contributed by atoms with Crippen LogP contribution in [0.4, 0.5) is 4.39 Å². The summed E-state index contributed by atoms with van der Waals surface area (Å²) in [6.07, 6.45) is 1.82. The zero-order valence-corrected chi connectivity index (χ0v) is 15.1. The van der Waals surface area contributed by atoms with Crippen molar-refractivity contribution in [2.45, 2.75) is 19.1 Å². The van der Waals surface area contributed by atoms with E-state index in [0.29, 0.717) is 19.5 Å². The number of amides is 1. The van der Waals surface area contributed by atoms with Crippen molar-refractivity contribution in [3.8, 4) is 0 Å². The van der Waals surface area contributed by atoms with E-state index in [9.17, 15) is 9.18 Å². The molecule has 0 N–H and O–H groups in total. The summed E-state index contributed by atoms with van der Waals surface area (Å²) in [5.74, 6) is -0.303. The number of carbonyl (C=O) groups is 1. The Morgan fingerprint density at radius 3 is 2.57 bits per heavy atom. The van der Waals surface area contributed by atoms with Gasteiger partial charge in [-0.15, -0.1) is 0 Å². The van der Waals surface area contributed by atoms with Gasteiger partial charge in [0.05, 0.1) is 18.5 Å². The molecule has 28 heavy (non-hydrogen) atoms. The Balaban J connectivity index is 1.48. The smallest absolute Gasteiger partial charge is 0.289 e. The molecule has 1 atom stereocenters. The molecule has 0 radical (unpaired) electrons. The van der Waals surface area contributed by atoms with Gasteiger partial charge < -0.3 is 14.2 Å². The SMILES string of the molecule is O=C(c1ccco1)N(Cc1ccc(F)cc1)C[C@H]1CC(c2ccccc2)=NO1. The third-order valence-corrected chi connectivity index (χ3v) is 4.57. The number of rotatable bonds is 6. The monoisotopic (exact) mass is 378 g/mol. The van der Waals surface area contributed by atoms with Crippen LogP contribution in [-0.4, -0.2) is 29.2 Å². The van der Waals surface area contributed by atoms with Crippen LogP contribution in [0.1, 0.15) is 28.1 Å². The van der Waals surface area contributed by atoms with E-state index >= 15 is 0 Å². The second kappa shape index (κ2) is 8.08. The fourth-order valence-corrected chi connectivity index (χ4v) is 3.16. The number of hydrogen-bond donors (Lipinski definition) is 0. The van der Waals surface area contributed by atoms with Crippen LogP contribution in [0.5, 0.6) is 0 Å². The summed E-state index contributed by atoms with van der Waals surface area (Å²) in [6.45, 7) is 0.664. The molecule has 0 aliphatic carbocycles. The van der Waals surface area contributed by atoms with Crippen LogP contribution in [0.15, 0.2) is 82.6 Å². The van der Waals surface area contributed by atoms with Crippen LogP contribution in [0, 0.1) is 5.82 Å². The Labute approximate surface area is 162 Å². The van der Waals surface area contributed by atoms with E-state index in [2.05, 4.69) is 5.16 Å². The van der Waals surface area contributed by atoms with Gasteiger partial charge in [-0.25, -0.2) is 4.39 Å². The van der Waals surface area contributed by atoms with Crippen molar-refractivity contribution in [1.29, 1.82) is 0 Å². The van der Waals surface area contributed by atoms with Gasteiger partial charge in [-0.05, 0) is 35.4 Å². The van der Waals surface area contributed by atoms with E-state index in [0.717, 1.165) is 16.8 Å². The van der Waals surface area contributed by atoms with E-state index in [4.69, 9.17) is 9.25 Å². The number of halogens is 1. The number of carbonyl (C=O) groups excluding carboxylic acids is 1. The van der Waals surface area contributed by atoms with Crippen LogP contribution in [-0.2, 0) is 11.4 Å². The third-order valence-electron chi connectivity index (χ3n) is 4.57. The zero-order valence-electron chi connectivity index (χ0n) is 15.1. The molecular formula is C22H19FN2O3. The number of nitrogens with zero attached hydrogens (tertiary/aromatic N) is 2. The molecule has 3 aromatic rings. The predicted octanol–water partition coefficient (Wildman–Crippen LogP) is 4.25. The fraction of sp³-hybridized carbons (Fsp3) is 0.182. The molecule has 0 unspecified atom stereocenters. The molecule has 0 saturated heterocycles. The molecule has 5 nitrogen and oxygen atoms in total. The number of benzene rings is 2. The van der Waals surface area contributed by atoms with Crippen molar-refractivity contribution < 1.29 is 18.4 Å². The van der Waals surface area contributed by atoms with E-state index in [1.54, 1.807) is 29.2 Å². The van der Waals surface area contributed by atoms with Crippen LogP contribution in [0.2, 0.25) is 0 Å². The normalized spacial score (nSPS) is 15.8. The Morgan fingerprint density at radius 2 is 1.86 bits per heavy atom. The molecule has 2 heterocycles. The van der Waals surface area contributed by atoms with Gasteiger partial charge in [-0.3, -0.25) is 4.79 Å². The van der Waals surface area contributed by atoms with E-state index in [1.165, 1.54) is 18.4 Å². The summed E-state index contributed by atoms with van der Waals surface area (Å²) < 4.78 is 18.5. The summed E-state index contributed by atoms with van der Waals surface area (Å²) in [5.41, 5.74) is 2.69. The maximum Gasteiger partial charge on any atom is 0.289 e. The van der Waals surface area contributed by atoms with Gasteiger partial charge in [0.15, 0.2) is 11.9 Å². The van der Waals surface area contributed by atoms with Crippen molar-refractivity contribution in [2.75, 3.05) is 6.54 Å². The molecule has 2 aromatic carbocycles. The highest BCUT2D eigenvalue weighted by atomic mass is 19.1. The average Bonchev–Trinajstić information content (AvgIpc) is 3.42. The Kier molecular flexibility index (Phi) is 5.19. The van der Waals surface area contributed by atoms with Crippen molar-refractivity contribution >= 4 is 11.6 Å². The topological polar surface area (TPSA) is 55.0 Å². The first-order valence-corrected chi connectivity index (χ1v) is 9.04. The lowest BCUT2D eigenvalue weighted by atomic mass is 10.0. The van der Waals surface area contributed by atoms with Gasteiger partial charge in [0, 0.05) is 13.0 Å². The van der Waals surface area contributed by atoms with Crippen molar-refractivity contribution in [2.24, 2.45) is 5.16 Å². The molecule has 0 saturated carbocycles. The Bertz CT molecular complexity index is 953. The summed E-state index contributed by atoms with van der Waals surface area (Å²) in [6, 6.07) is 19.2. The predicted molar refractivity (Wildman–Crippen MR) is 102 cm³/mol. The molecule has 1 aromatic heterocycles. The minimum Gasteiger partial charge on any atom is -0.459 e. The molecule has 4 rings (SSSR count). The minimum atomic E-state index is -0.312. The summed E-state index contributed by atoms with van der Waals surface area (Å²) in [4.78, 5) is 20.1. The van der Waals surface area contributed by atoms with Crippen molar-refractivity contribution in [1.82, 2.24) is 4.90 Å². The molecule has 6 heteroatoms. The van der Waals surface area contributed by atoms with Crippen molar-refractivity contribution in [3.05, 3.63) is 95.7 Å². The quantitative estimate of drug-likeness (QED) is 0.644. The minimum absolute atomic E-state index is 0.244. The number of hydrogen-bond acceptors (Lipinski definition) is 4. The Hall–Kier alpha value is -3.41. The fourth-order valence-electron chi connectivity index (χ4n) is 3.16. The summed E-state index contributed by atoms with van der Waals surface area (Å²) >= 11 is 0. The lowest BCUT2D eigenvalue weighted by molar-refractivity contribution is 0.0387. The molecule has 1 amide bonds. The third kappa shape index (κ3) is 4.11. The lowest BCUT2D eigenvalue weighted by Gasteiger charge is -2.24. The van der Waals surface area contributed by atoms with Crippen LogP contribution < -0.4 is 0 Å². The van der Waals surface area contributed by atoms with E-state index < -0.39 is 0 Å². The van der Waals surface area contributed by atoms with Crippen LogP contribution in [0.25, 0.3) is 0 Å². The highest BCUT2D eigenvalue weighted by Crippen LogP contribution is 2.20. The standard InChI is InChI=1S/C22H19FN2O3/c23-18-10-8-16(9-11-18)14-25(22(26)21-7-4-12-27-21)15-19-13-20(24-28-19)17-5-2-1-3-6-17/h1-12,19H,13-15H2/t19-/m1/s1. The van der Waals surface area contributed by atoms with Gasteiger partial charge in [-0.2, -0.15) is 0 Å². The second-order valence-corrected chi connectivity index (χ2v) is 6.62. The first-order chi connectivity index (χ1) is 13.7. The molecule has 142 valence electrons. The number of oxime groups is 1. The first-order valence-electron chi connectivity index (χ1n) is 9.04. The molecule has 1 aliphatic heterocycles. The zero-order chi connectivity index (χ0) is 19.3.